The Morgan fingerprint density at radius 3 is 2.21 bits per heavy atom. The molecule has 5 N–H and O–H groups in total. The van der Waals surface area contributed by atoms with E-state index in [0.29, 0.717) is 24.4 Å². The lowest BCUT2D eigenvalue weighted by Crippen LogP contribution is -2.66. The third kappa shape index (κ3) is 8.23. The van der Waals surface area contributed by atoms with Gasteiger partial charge in [0.2, 0.25) is 0 Å². The molecule has 0 saturated carbocycles. The first-order valence-corrected chi connectivity index (χ1v) is 20.7. The molecule has 0 radical (unpaired) electrons. The molecule has 1 heterocycles. The predicted octanol–water partition coefficient (Wildman–Crippen LogP) is 11.8. The summed E-state index contributed by atoms with van der Waals surface area (Å²) >= 11 is 0. The zero-order valence-electron chi connectivity index (χ0n) is 36.0. The minimum Gasteiger partial charge on any atom is -0.399 e. The zero-order chi connectivity index (χ0) is 40.0. The molecule has 5 heteroatoms. The van der Waals surface area contributed by atoms with Crippen molar-refractivity contribution < 1.29 is 0 Å². The highest BCUT2D eigenvalue weighted by Gasteiger charge is 2.62. The summed E-state index contributed by atoms with van der Waals surface area (Å²) in [6.45, 7) is 47.6. The van der Waals surface area contributed by atoms with E-state index in [0.717, 1.165) is 68.5 Å². The lowest BCUT2D eigenvalue weighted by Gasteiger charge is -2.62. The zero-order valence-corrected chi connectivity index (χ0v) is 36.0. The summed E-state index contributed by atoms with van der Waals surface area (Å²) in [5.74, 6) is 0.494. The summed E-state index contributed by atoms with van der Waals surface area (Å²) in [5.41, 5.74) is 29.0. The van der Waals surface area contributed by atoms with E-state index in [2.05, 4.69) is 117 Å². The van der Waals surface area contributed by atoms with Gasteiger partial charge in [-0.2, -0.15) is 0 Å². The second kappa shape index (κ2) is 18.4. The number of fused-ring (bicyclic) bond motifs is 3. The third-order valence-electron chi connectivity index (χ3n) is 12.6. The summed E-state index contributed by atoms with van der Waals surface area (Å²) < 4.78 is 0. The van der Waals surface area contributed by atoms with Crippen LogP contribution in [0, 0.1) is 25.2 Å². The van der Waals surface area contributed by atoms with Crippen LogP contribution in [0.2, 0.25) is 19.5 Å². The monoisotopic (exact) mass is 719 g/mol. The number of nitrogens with zero attached hydrogens (tertiary/aromatic N) is 1. The lowest BCUT2D eigenvalue weighted by molar-refractivity contribution is 0.159. The summed E-state index contributed by atoms with van der Waals surface area (Å²) in [6, 6.07) is 2.84. The van der Waals surface area contributed by atoms with Gasteiger partial charge in [0.1, 0.15) is 6.71 Å². The van der Waals surface area contributed by atoms with Gasteiger partial charge in [-0.25, -0.2) is 0 Å². The fraction of sp³-hybridized carbons (Fsp3) is 0.542. The molecule has 1 aliphatic heterocycles. The lowest BCUT2D eigenvalue weighted by atomic mass is 9.31. The molecule has 1 fully saturated rings. The van der Waals surface area contributed by atoms with Gasteiger partial charge in [-0.1, -0.05) is 116 Å². The second-order valence-electron chi connectivity index (χ2n) is 16.5. The molecule has 4 atom stereocenters. The number of nitrogens with one attached hydrogen (secondary N) is 1. The summed E-state index contributed by atoms with van der Waals surface area (Å²) in [5, 5.41) is 3.99. The molecule has 4 nitrogen and oxygen atoms in total. The minimum absolute atomic E-state index is 0.174. The maximum Gasteiger partial charge on any atom is 0.143 e. The molecular formula is C48H75BN4. The molecule has 4 aliphatic rings. The highest BCUT2D eigenvalue weighted by Crippen LogP contribution is 2.66. The number of rotatable bonds is 9. The molecular weight excluding hydrogens is 643 g/mol. The first-order chi connectivity index (χ1) is 25.0. The average Bonchev–Trinajstić information content (AvgIpc) is 3.09. The molecule has 1 aromatic rings. The van der Waals surface area contributed by atoms with E-state index in [-0.39, 0.29) is 5.82 Å². The number of benzene rings is 1. The van der Waals surface area contributed by atoms with Crippen molar-refractivity contribution in [2.24, 2.45) is 22.8 Å². The molecule has 1 saturated heterocycles. The number of allylic oxidation sites excluding steroid dienone is 6. The van der Waals surface area contributed by atoms with Crippen LogP contribution < -0.4 is 16.8 Å². The van der Waals surface area contributed by atoms with Crippen LogP contribution >= 0.6 is 0 Å². The van der Waals surface area contributed by atoms with E-state index >= 15 is 0 Å². The average molecular weight is 719 g/mol. The Labute approximate surface area is 326 Å². The summed E-state index contributed by atoms with van der Waals surface area (Å²) in [4.78, 5) is 2.57. The molecule has 0 aromatic heterocycles. The molecule has 3 aliphatic carbocycles. The predicted molar refractivity (Wildman–Crippen MR) is 239 cm³/mol. The van der Waals surface area contributed by atoms with E-state index in [1.54, 1.807) is 0 Å². The van der Waals surface area contributed by atoms with E-state index in [1.807, 2.05) is 19.9 Å². The van der Waals surface area contributed by atoms with Crippen LogP contribution in [0.5, 0.6) is 0 Å². The molecule has 53 heavy (non-hydrogen) atoms. The second-order valence-corrected chi connectivity index (χ2v) is 16.5. The largest absolute Gasteiger partial charge is 0.399 e. The van der Waals surface area contributed by atoms with Crippen molar-refractivity contribution >= 4 is 18.0 Å². The Morgan fingerprint density at radius 1 is 1.08 bits per heavy atom. The van der Waals surface area contributed by atoms with Crippen LogP contribution in [0.1, 0.15) is 110 Å². The first-order valence-electron chi connectivity index (χ1n) is 20.7. The SMILES string of the molecule is C=C/C=C(\C=C/CC)CN1CCC(Nc2cc(C)c3c(c2C)C(=C)C2=C(C)[C@]4(C)C(=C)C(C(=C)N)=C(C)[C@@H](B(C)C)[C@]4(N)CC2C3)CC1.CC.CCC. The molecule has 0 spiro atoms. The molecule has 290 valence electrons. The van der Waals surface area contributed by atoms with Crippen LogP contribution in [-0.2, 0) is 6.42 Å². The quantitative estimate of drug-likeness (QED) is 0.176. The maximum atomic E-state index is 7.77. The van der Waals surface area contributed by atoms with Crippen LogP contribution in [0.15, 0.2) is 95.8 Å². The molecule has 5 rings (SSSR count). The van der Waals surface area contributed by atoms with E-state index in [9.17, 15) is 0 Å². The van der Waals surface area contributed by atoms with Crippen LogP contribution in [0.25, 0.3) is 5.57 Å². The van der Waals surface area contributed by atoms with Crippen molar-refractivity contribution in [3.8, 4) is 0 Å². The number of anilines is 1. The van der Waals surface area contributed by atoms with Gasteiger partial charge in [0.15, 0.2) is 0 Å². The molecule has 1 aromatic carbocycles. The van der Waals surface area contributed by atoms with Gasteiger partial charge in [0, 0.05) is 48.0 Å². The fourth-order valence-corrected chi connectivity index (χ4v) is 10.3. The highest BCUT2D eigenvalue weighted by atomic mass is 15.1. The highest BCUT2D eigenvalue weighted by molar-refractivity contribution is 6.59. The third-order valence-corrected chi connectivity index (χ3v) is 12.6. The molecule has 0 amide bonds. The smallest absolute Gasteiger partial charge is 0.143 e. The fourth-order valence-electron chi connectivity index (χ4n) is 10.3. The van der Waals surface area contributed by atoms with Gasteiger partial charge in [-0.3, -0.25) is 4.90 Å². The Morgan fingerprint density at radius 2 is 1.68 bits per heavy atom. The molecule has 0 bridgehead atoms. The van der Waals surface area contributed by atoms with Crippen molar-refractivity contribution in [1.29, 1.82) is 0 Å². The maximum absolute atomic E-state index is 7.77. The van der Waals surface area contributed by atoms with Gasteiger partial charge >= 0.3 is 0 Å². The number of piperidine rings is 1. The number of aryl methyl sites for hydroxylation is 1. The van der Waals surface area contributed by atoms with Crippen molar-refractivity contribution in [2.45, 2.75) is 139 Å². The summed E-state index contributed by atoms with van der Waals surface area (Å²) in [6.07, 6.45) is 15.0. The van der Waals surface area contributed by atoms with Crippen molar-refractivity contribution in [3.05, 3.63) is 118 Å². The van der Waals surface area contributed by atoms with Crippen LogP contribution in [-0.4, -0.2) is 42.8 Å². The first kappa shape index (κ1) is 44.1. The Kier molecular flexibility index (Phi) is 15.3. The van der Waals surface area contributed by atoms with Crippen LogP contribution in [0.3, 0.4) is 0 Å². The van der Waals surface area contributed by atoms with E-state index in [1.165, 1.54) is 56.7 Å². The molecule has 1 unspecified atom stereocenters. The van der Waals surface area contributed by atoms with Crippen molar-refractivity contribution in [2.75, 3.05) is 25.0 Å². The number of nitrogens with two attached hydrogens (primary N) is 2. The summed E-state index contributed by atoms with van der Waals surface area (Å²) in [7, 11) is 0. The van der Waals surface area contributed by atoms with Gasteiger partial charge in [0.25, 0.3) is 0 Å². The Hall–Kier alpha value is -3.28. The van der Waals surface area contributed by atoms with E-state index < -0.39 is 11.0 Å². The van der Waals surface area contributed by atoms with Gasteiger partial charge in [-0.15, -0.1) is 0 Å². The number of likely N-dealkylation sites (tertiary alicyclic amines) is 1. The normalized spacial score (nSPS) is 26.2. The Bertz CT molecular complexity index is 1680. The van der Waals surface area contributed by atoms with Gasteiger partial charge in [0.05, 0.1) is 0 Å². The van der Waals surface area contributed by atoms with Crippen LogP contribution in [0.4, 0.5) is 5.69 Å². The standard InChI is InChI=1S/C43H61BN4.C3H8.C2H6/c1-13-15-17-33(16-14-2)25-48-20-18-35(19-21-48)47-37-22-26(3)36-23-34-24-43(46)41(44(11)12)29(6)39(32(9)45)30(7)42(43,10)31(8)40(34)28(5)38(36)27(37)4;1-3-2;1-2/h14-17,22,34-35,41,47H,2,5,7,9,13,18-21,23-25,45-46H2,1,3-4,6,8,10-12H3;3H2,1-2H3;1-2H3/b17-15-,33-16+;;/t34?,41-,42+,43-;;/m1../s1. The Balaban J connectivity index is 0.00000144. The number of hydrogen-bond acceptors (Lipinski definition) is 4. The van der Waals surface area contributed by atoms with Crippen molar-refractivity contribution in [1.82, 2.24) is 4.90 Å². The van der Waals surface area contributed by atoms with Crippen molar-refractivity contribution in [3.63, 3.8) is 0 Å². The van der Waals surface area contributed by atoms with Gasteiger partial charge < -0.3 is 16.8 Å². The van der Waals surface area contributed by atoms with Gasteiger partial charge in [-0.05, 0) is 135 Å². The topological polar surface area (TPSA) is 67.3 Å². The minimum atomic E-state index is -0.481. The van der Waals surface area contributed by atoms with E-state index in [4.69, 9.17) is 24.6 Å². The number of hydrogen-bond donors (Lipinski definition) is 3.